The summed E-state index contributed by atoms with van der Waals surface area (Å²) in [5.41, 5.74) is 0.266. The number of thiocarbonyl (C=S) groups is 2. The van der Waals surface area contributed by atoms with Crippen LogP contribution in [0.4, 0.5) is 0 Å². The summed E-state index contributed by atoms with van der Waals surface area (Å²) in [4.78, 5) is 32.1. The molecule has 0 aromatic heterocycles. The molecule has 0 radical (unpaired) electrons. The van der Waals surface area contributed by atoms with Crippen LogP contribution in [0.15, 0.2) is 0 Å². The predicted octanol–water partition coefficient (Wildman–Crippen LogP) is 5.65. The van der Waals surface area contributed by atoms with Gasteiger partial charge in [0.25, 0.3) is 0 Å². The molecular weight excluding hydrogens is 553 g/mol. The molecule has 2 amide bonds. The summed E-state index contributed by atoms with van der Waals surface area (Å²) in [6.07, 6.45) is 8.24. The molecule has 0 aliphatic carbocycles. The van der Waals surface area contributed by atoms with Crippen LogP contribution in [0, 0.1) is 10.8 Å². The van der Waals surface area contributed by atoms with E-state index in [0.717, 1.165) is 64.5 Å². The predicted molar refractivity (Wildman–Crippen MR) is 173 cm³/mol. The van der Waals surface area contributed by atoms with Gasteiger partial charge in [0.15, 0.2) is 10.2 Å². The molecule has 2 saturated heterocycles. The number of nitrogens with zero attached hydrogens (tertiary/aromatic N) is 4. The van der Waals surface area contributed by atoms with Crippen LogP contribution in [0.25, 0.3) is 0 Å². The first-order valence-corrected chi connectivity index (χ1v) is 16.1. The quantitative estimate of drug-likeness (QED) is 0.166. The molecule has 0 aromatic carbocycles. The van der Waals surface area contributed by atoms with Crippen molar-refractivity contribution in [2.45, 2.75) is 103 Å². The minimum Gasteiger partial charge on any atom is -0.340 e. The van der Waals surface area contributed by atoms with Gasteiger partial charge in [0, 0.05) is 36.7 Å². The number of rotatable bonds is 17. The Morgan fingerprint density at radius 3 is 1.32 bits per heavy atom. The topological polar surface area (TPSA) is 47.1 Å². The zero-order chi connectivity index (χ0) is 28.7. The number of hydrogen-bond donors (Lipinski definition) is 2. The van der Waals surface area contributed by atoms with Gasteiger partial charge in [-0.15, -0.1) is 0 Å². The number of carbonyl (C=O) groups excluding carboxylic acids is 2. The Kier molecular flexibility index (Phi) is 13.2. The molecule has 6 nitrogen and oxygen atoms in total. The average molecular weight is 603 g/mol. The molecule has 2 heterocycles. The largest absolute Gasteiger partial charge is 0.340 e. The Morgan fingerprint density at radius 2 is 1.03 bits per heavy atom. The highest BCUT2D eigenvalue weighted by molar-refractivity contribution is 7.81. The Balaban J connectivity index is 1.65. The van der Waals surface area contributed by atoms with E-state index in [9.17, 15) is 9.59 Å². The second-order valence-corrected chi connectivity index (χ2v) is 14.7. The van der Waals surface area contributed by atoms with Crippen LogP contribution in [0.1, 0.15) is 92.9 Å². The van der Waals surface area contributed by atoms with Crippen LogP contribution in [0.2, 0.25) is 0 Å². The van der Waals surface area contributed by atoms with Crippen molar-refractivity contribution < 1.29 is 9.59 Å². The van der Waals surface area contributed by atoms with Crippen LogP contribution in [0.5, 0.6) is 0 Å². The summed E-state index contributed by atoms with van der Waals surface area (Å²) in [6, 6.07) is 0. The third-order valence-corrected chi connectivity index (χ3v) is 10.2. The van der Waals surface area contributed by atoms with Gasteiger partial charge in [0.05, 0.1) is 13.1 Å². The maximum Gasteiger partial charge on any atom is 0.248 e. The molecule has 2 rings (SSSR count). The number of likely N-dealkylation sites (N-methyl/N-ethyl adjacent to an activating group) is 2. The van der Waals surface area contributed by atoms with E-state index in [1.807, 2.05) is 23.6 Å². The fourth-order valence-corrected chi connectivity index (χ4v) is 6.32. The van der Waals surface area contributed by atoms with Crippen molar-refractivity contribution in [3.63, 3.8) is 0 Å². The van der Waals surface area contributed by atoms with Crippen molar-refractivity contribution in [2.24, 2.45) is 10.8 Å². The number of amides is 2. The normalized spacial score (nSPS) is 18.8. The minimum atomic E-state index is 0.124. The van der Waals surface area contributed by atoms with Crippen molar-refractivity contribution >= 4 is 71.7 Å². The fraction of sp³-hybridized carbons (Fsp3) is 0.857. The van der Waals surface area contributed by atoms with Gasteiger partial charge in [-0.1, -0.05) is 27.7 Å². The summed E-state index contributed by atoms with van der Waals surface area (Å²) in [6.45, 7) is 17.0. The van der Waals surface area contributed by atoms with E-state index in [0.29, 0.717) is 46.9 Å². The van der Waals surface area contributed by atoms with Crippen molar-refractivity contribution in [2.75, 3.05) is 39.3 Å². The SMILES string of the molecule is CCN1CC(=O)N(CCC(C)(C)CCC(S)CCC(S)CCC(C)(C)CCN2C(=O)CN(CC)C2=S)C1=S. The van der Waals surface area contributed by atoms with Crippen molar-refractivity contribution in [3.8, 4) is 0 Å². The lowest BCUT2D eigenvalue weighted by atomic mass is 9.82. The maximum atomic E-state index is 12.3. The highest BCUT2D eigenvalue weighted by Gasteiger charge is 2.34. The van der Waals surface area contributed by atoms with Gasteiger partial charge in [-0.2, -0.15) is 25.3 Å². The molecule has 0 spiro atoms. The smallest absolute Gasteiger partial charge is 0.248 e. The lowest BCUT2D eigenvalue weighted by molar-refractivity contribution is -0.126. The summed E-state index contributed by atoms with van der Waals surface area (Å²) in [5.74, 6) is 0.248. The first-order valence-electron chi connectivity index (χ1n) is 14.2. The third kappa shape index (κ3) is 10.1. The highest BCUT2D eigenvalue weighted by atomic mass is 32.1. The molecule has 2 unspecified atom stereocenters. The van der Waals surface area contributed by atoms with E-state index in [4.69, 9.17) is 49.7 Å². The number of carbonyl (C=O) groups is 2. The average Bonchev–Trinajstić information content (AvgIpc) is 3.30. The van der Waals surface area contributed by atoms with E-state index >= 15 is 0 Å². The molecular formula is C28H50N4O2S4. The van der Waals surface area contributed by atoms with Crippen molar-refractivity contribution in [1.82, 2.24) is 19.6 Å². The van der Waals surface area contributed by atoms with Crippen LogP contribution >= 0.6 is 49.7 Å². The van der Waals surface area contributed by atoms with Crippen LogP contribution < -0.4 is 0 Å². The maximum absolute atomic E-state index is 12.3. The molecule has 38 heavy (non-hydrogen) atoms. The minimum absolute atomic E-state index is 0.124. The molecule has 218 valence electrons. The van der Waals surface area contributed by atoms with E-state index in [-0.39, 0.29) is 22.6 Å². The zero-order valence-electron chi connectivity index (χ0n) is 24.4. The Hall–Kier alpha value is -0.580. The van der Waals surface area contributed by atoms with Gasteiger partial charge < -0.3 is 9.80 Å². The Morgan fingerprint density at radius 1 is 0.684 bits per heavy atom. The lowest BCUT2D eigenvalue weighted by Crippen LogP contribution is -2.35. The monoisotopic (exact) mass is 602 g/mol. The summed E-state index contributed by atoms with van der Waals surface area (Å²) >= 11 is 20.7. The fourth-order valence-electron chi connectivity index (χ4n) is 4.99. The first-order chi connectivity index (χ1) is 17.7. The number of hydrogen-bond acceptors (Lipinski definition) is 6. The zero-order valence-corrected chi connectivity index (χ0v) is 27.8. The molecule has 10 heteroatoms. The first kappa shape index (κ1) is 33.6. The van der Waals surface area contributed by atoms with Gasteiger partial charge in [-0.25, -0.2) is 0 Å². The summed E-state index contributed by atoms with van der Waals surface area (Å²) < 4.78 is 0. The van der Waals surface area contributed by atoms with E-state index < -0.39 is 0 Å². The van der Waals surface area contributed by atoms with E-state index in [2.05, 4.69) is 27.7 Å². The van der Waals surface area contributed by atoms with Crippen LogP contribution in [-0.2, 0) is 9.59 Å². The summed E-state index contributed by atoms with van der Waals surface area (Å²) in [7, 11) is 0. The molecule has 0 bridgehead atoms. The van der Waals surface area contributed by atoms with E-state index in [1.165, 1.54) is 0 Å². The molecule has 2 atom stereocenters. The molecule has 2 aliphatic rings. The van der Waals surface area contributed by atoms with E-state index in [1.54, 1.807) is 9.80 Å². The van der Waals surface area contributed by atoms with Gasteiger partial charge in [0.1, 0.15) is 0 Å². The number of thiol groups is 2. The van der Waals surface area contributed by atoms with Gasteiger partial charge in [0.2, 0.25) is 11.8 Å². The van der Waals surface area contributed by atoms with Crippen molar-refractivity contribution in [3.05, 3.63) is 0 Å². The molecule has 0 aromatic rings. The highest BCUT2D eigenvalue weighted by Crippen LogP contribution is 2.33. The van der Waals surface area contributed by atoms with Gasteiger partial charge in [-0.3, -0.25) is 19.4 Å². The molecule has 0 N–H and O–H groups in total. The lowest BCUT2D eigenvalue weighted by Gasteiger charge is -2.29. The van der Waals surface area contributed by atoms with Gasteiger partial charge >= 0.3 is 0 Å². The second-order valence-electron chi connectivity index (χ2n) is 12.5. The standard InChI is InChI=1S/C28H50N4O2S4/c1-7-29-19-23(33)31(25(29)37)17-15-27(3,4)13-11-21(35)9-10-22(36)12-14-28(5,6)16-18-32-24(34)20-30(8-2)26(32)38/h21-22,35-36H,7-20H2,1-6H3. The Bertz CT molecular complexity index is 783. The van der Waals surface area contributed by atoms with Gasteiger partial charge in [-0.05, 0) is 100 Å². The molecule has 2 aliphatic heterocycles. The third-order valence-electron chi connectivity index (χ3n) is 8.19. The van der Waals surface area contributed by atoms with Crippen LogP contribution in [0.3, 0.4) is 0 Å². The van der Waals surface area contributed by atoms with Crippen molar-refractivity contribution in [1.29, 1.82) is 0 Å². The summed E-state index contributed by atoms with van der Waals surface area (Å²) in [5, 5.41) is 2.07. The molecule has 2 fully saturated rings. The molecule has 0 saturated carbocycles. The Labute approximate surface area is 253 Å². The second kappa shape index (κ2) is 14.9. The van der Waals surface area contributed by atoms with Crippen LogP contribution in [-0.4, -0.2) is 91.4 Å².